The van der Waals surface area contributed by atoms with Crippen LogP contribution in [-0.4, -0.2) is 16.5 Å². The van der Waals surface area contributed by atoms with Gasteiger partial charge in [-0.3, -0.25) is 9.98 Å². The fourth-order valence-electron chi connectivity index (χ4n) is 8.10. The highest BCUT2D eigenvalue weighted by molar-refractivity contribution is 7.25. The van der Waals surface area contributed by atoms with Crippen LogP contribution in [-0.2, 0) is 0 Å². The van der Waals surface area contributed by atoms with Crippen LogP contribution < -0.4 is 0 Å². The average molecular weight is 686 g/mol. The van der Waals surface area contributed by atoms with Crippen molar-refractivity contribution in [3.8, 4) is 11.1 Å². The van der Waals surface area contributed by atoms with Crippen molar-refractivity contribution in [2.45, 2.75) is 25.8 Å². The molecule has 248 valence electrons. The SMILES string of the molecule is CC1CC/C(c2ccc3c(c2)sc2ccccc23)=N\C(c2cccc(-c3cccc4ccc5ccc6cccnc6c5c34)c2)=N/C1c1ccccc1. The van der Waals surface area contributed by atoms with Gasteiger partial charge in [0.25, 0.3) is 0 Å². The third kappa shape index (κ3) is 5.30. The van der Waals surface area contributed by atoms with Gasteiger partial charge in [0.1, 0.15) is 0 Å². The van der Waals surface area contributed by atoms with Crippen molar-refractivity contribution in [3.05, 3.63) is 175 Å². The standard InChI is InChI=1S/C48H35N3S/c1-30-19-26-41(36-24-25-40-39-16-5-6-18-42(39)52-43(40)29-36)50-48(51-46(30)33-10-3-2-4-11-33)37-14-7-13-35(28-37)38-17-8-12-31-20-21-32-22-23-34-15-9-27-49-47(34)45(32)44(31)38/h2-18,20-25,27-30,46H,19,26H2,1H3/b50-41+,51-48-. The van der Waals surface area contributed by atoms with Gasteiger partial charge in [0, 0.05) is 42.7 Å². The molecule has 0 spiro atoms. The van der Waals surface area contributed by atoms with Crippen molar-refractivity contribution < 1.29 is 0 Å². The van der Waals surface area contributed by atoms with Crippen molar-refractivity contribution in [1.29, 1.82) is 0 Å². The molecule has 0 fully saturated rings. The molecule has 4 heteroatoms. The molecule has 7 aromatic carbocycles. The van der Waals surface area contributed by atoms with E-state index in [2.05, 4.69) is 153 Å². The first-order valence-corrected chi connectivity index (χ1v) is 18.9. The largest absolute Gasteiger partial charge is 0.258 e. The lowest BCUT2D eigenvalue weighted by atomic mass is 9.88. The number of aliphatic imine (C=N–C) groups is 2. The van der Waals surface area contributed by atoms with Crippen LogP contribution in [0.1, 0.15) is 42.5 Å². The molecule has 2 unspecified atom stereocenters. The van der Waals surface area contributed by atoms with E-state index in [0.717, 1.165) is 46.4 Å². The lowest BCUT2D eigenvalue weighted by Gasteiger charge is -2.25. The highest BCUT2D eigenvalue weighted by atomic mass is 32.1. The molecule has 2 atom stereocenters. The van der Waals surface area contributed by atoms with E-state index in [0.29, 0.717) is 5.92 Å². The summed E-state index contributed by atoms with van der Waals surface area (Å²) in [6, 6.07) is 54.8. The topological polar surface area (TPSA) is 37.6 Å². The molecule has 1 aliphatic heterocycles. The molecule has 0 amide bonds. The number of nitrogens with zero attached hydrogens (tertiary/aromatic N) is 3. The van der Waals surface area contributed by atoms with Crippen molar-refractivity contribution >= 4 is 75.5 Å². The summed E-state index contributed by atoms with van der Waals surface area (Å²) >= 11 is 1.86. The Bertz CT molecular complexity index is 2880. The molecule has 3 heterocycles. The summed E-state index contributed by atoms with van der Waals surface area (Å²) in [7, 11) is 0. The quantitative estimate of drug-likeness (QED) is 0.170. The second-order valence-electron chi connectivity index (χ2n) is 14.0. The monoisotopic (exact) mass is 685 g/mol. The maximum atomic E-state index is 5.54. The summed E-state index contributed by atoms with van der Waals surface area (Å²) in [6.07, 6.45) is 3.79. The van der Waals surface area contributed by atoms with Gasteiger partial charge in [0.05, 0.1) is 17.3 Å². The number of rotatable bonds is 4. The molecular weight excluding hydrogens is 651 g/mol. The molecular formula is C48H35N3S. The maximum absolute atomic E-state index is 5.54. The van der Waals surface area contributed by atoms with Crippen molar-refractivity contribution in [2.75, 3.05) is 0 Å². The molecule has 10 rings (SSSR count). The first-order valence-electron chi connectivity index (χ1n) is 18.1. The Morgan fingerprint density at radius 1 is 0.577 bits per heavy atom. The van der Waals surface area contributed by atoms with E-state index in [1.807, 2.05) is 23.6 Å². The zero-order valence-electron chi connectivity index (χ0n) is 28.8. The molecule has 0 bridgehead atoms. The van der Waals surface area contributed by atoms with Gasteiger partial charge in [0.2, 0.25) is 0 Å². The Labute approximate surface area is 306 Å². The van der Waals surface area contributed by atoms with Gasteiger partial charge in [-0.2, -0.15) is 0 Å². The molecule has 3 nitrogen and oxygen atoms in total. The fourth-order valence-corrected chi connectivity index (χ4v) is 9.24. The minimum atomic E-state index is 0.00849. The minimum absolute atomic E-state index is 0.00849. The van der Waals surface area contributed by atoms with Crippen LogP contribution in [0.5, 0.6) is 0 Å². The molecule has 0 saturated heterocycles. The number of thiophene rings is 1. The minimum Gasteiger partial charge on any atom is -0.258 e. The molecule has 0 saturated carbocycles. The van der Waals surface area contributed by atoms with Crippen LogP contribution in [0.3, 0.4) is 0 Å². The van der Waals surface area contributed by atoms with E-state index in [4.69, 9.17) is 15.0 Å². The smallest absolute Gasteiger partial charge is 0.155 e. The van der Waals surface area contributed by atoms with Gasteiger partial charge in [-0.1, -0.05) is 134 Å². The van der Waals surface area contributed by atoms with Crippen molar-refractivity contribution in [3.63, 3.8) is 0 Å². The Kier molecular flexibility index (Phi) is 7.51. The average Bonchev–Trinajstić information content (AvgIpc) is 3.57. The number of amidine groups is 1. The van der Waals surface area contributed by atoms with Gasteiger partial charge in [-0.05, 0) is 81.4 Å². The van der Waals surface area contributed by atoms with Gasteiger partial charge >= 0.3 is 0 Å². The van der Waals surface area contributed by atoms with Crippen molar-refractivity contribution in [1.82, 2.24) is 4.98 Å². The summed E-state index contributed by atoms with van der Waals surface area (Å²) < 4.78 is 2.61. The third-order valence-corrected chi connectivity index (χ3v) is 11.9. The lowest BCUT2D eigenvalue weighted by Crippen LogP contribution is -2.18. The predicted octanol–water partition coefficient (Wildman–Crippen LogP) is 13.0. The summed E-state index contributed by atoms with van der Waals surface area (Å²) in [5, 5.41) is 8.57. The van der Waals surface area contributed by atoms with E-state index in [1.165, 1.54) is 58.4 Å². The molecule has 2 aromatic heterocycles. The number of aromatic nitrogens is 1. The molecule has 52 heavy (non-hydrogen) atoms. The number of fused-ring (bicyclic) bond motifs is 8. The van der Waals surface area contributed by atoms with Crippen LogP contribution in [0.4, 0.5) is 0 Å². The van der Waals surface area contributed by atoms with E-state index < -0.39 is 0 Å². The van der Waals surface area contributed by atoms with Gasteiger partial charge in [-0.15, -0.1) is 11.3 Å². The molecule has 0 radical (unpaired) electrons. The number of hydrogen-bond donors (Lipinski definition) is 0. The van der Waals surface area contributed by atoms with E-state index >= 15 is 0 Å². The van der Waals surface area contributed by atoms with E-state index in [-0.39, 0.29) is 6.04 Å². The Morgan fingerprint density at radius 2 is 1.33 bits per heavy atom. The first kappa shape index (κ1) is 30.8. The predicted molar refractivity (Wildman–Crippen MR) is 222 cm³/mol. The summed E-state index contributed by atoms with van der Waals surface area (Å²) in [5.41, 5.74) is 7.87. The fraction of sp³-hybridized carbons (Fsp3) is 0.104. The maximum Gasteiger partial charge on any atom is 0.155 e. The Balaban J connectivity index is 1.16. The van der Waals surface area contributed by atoms with Crippen LogP contribution in [0.2, 0.25) is 0 Å². The molecule has 1 aliphatic rings. The zero-order valence-corrected chi connectivity index (χ0v) is 29.6. The lowest BCUT2D eigenvalue weighted by molar-refractivity contribution is 0.446. The highest BCUT2D eigenvalue weighted by Crippen LogP contribution is 2.39. The van der Waals surface area contributed by atoms with Gasteiger partial charge in [-0.25, -0.2) is 4.99 Å². The summed E-state index contributed by atoms with van der Waals surface area (Å²) in [4.78, 5) is 15.9. The second-order valence-corrected chi connectivity index (χ2v) is 15.1. The van der Waals surface area contributed by atoms with Crippen molar-refractivity contribution in [2.24, 2.45) is 15.9 Å². The van der Waals surface area contributed by atoms with Crippen LogP contribution in [0, 0.1) is 5.92 Å². The van der Waals surface area contributed by atoms with E-state index in [9.17, 15) is 0 Å². The molecule has 9 aromatic rings. The first-order chi connectivity index (χ1) is 25.7. The van der Waals surface area contributed by atoms with Crippen LogP contribution in [0.15, 0.2) is 168 Å². The summed E-state index contributed by atoms with van der Waals surface area (Å²) in [6.45, 7) is 2.34. The second kappa shape index (κ2) is 12.7. The van der Waals surface area contributed by atoms with Crippen LogP contribution in [0.25, 0.3) is 63.7 Å². The highest BCUT2D eigenvalue weighted by Gasteiger charge is 2.24. The normalized spacial score (nSPS) is 18.6. The van der Waals surface area contributed by atoms with E-state index in [1.54, 1.807) is 0 Å². The number of benzene rings is 7. The zero-order chi connectivity index (χ0) is 34.6. The summed E-state index contributed by atoms with van der Waals surface area (Å²) in [5.74, 6) is 1.12. The van der Waals surface area contributed by atoms with Gasteiger partial charge in [0.15, 0.2) is 5.84 Å². The molecule has 0 N–H and O–H groups in total. The number of pyridine rings is 1. The molecule has 0 aliphatic carbocycles. The van der Waals surface area contributed by atoms with Gasteiger partial charge < -0.3 is 0 Å². The Morgan fingerprint density at radius 3 is 2.23 bits per heavy atom. The Hall–Kier alpha value is -5.97. The third-order valence-electron chi connectivity index (χ3n) is 10.8. The van der Waals surface area contributed by atoms with Crippen LogP contribution >= 0.6 is 11.3 Å². The number of hydrogen-bond acceptors (Lipinski definition) is 4.